The van der Waals surface area contributed by atoms with E-state index in [0.717, 1.165) is 47.8 Å². The summed E-state index contributed by atoms with van der Waals surface area (Å²) in [5.74, 6) is 1.55. The Labute approximate surface area is 154 Å². The molecule has 26 heavy (non-hydrogen) atoms. The molecular weight excluding hydrogens is 330 g/mol. The third-order valence-corrected chi connectivity index (χ3v) is 5.19. The summed E-state index contributed by atoms with van der Waals surface area (Å²) in [6, 6.07) is 4.07. The van der Waals surface area contributed by atoms with E-state index in [-0.39, 0.29) is 5.91 Å². The van der Waals surface area contributed by atoms with Crippen molar-refractivity contribution in [1.29, 1.82) is 0 Å². The van der Waals surface area contributed by atoms with E-state index in [4.69, 9.17) is 9.47 Å². The molecule has 0 saturated heterocycles. The topological polar surface area (TPSA) is 56.6 Å². The lowest BCUT2D eigenvalue weighted by Crippen LogP contribution is -2.34. The Balaban J connectivity index is 1.85. The highest BCUT2D eigenvalue weighted by Gasteiger charge is 2.26. The maximum atomic E-state index is 13.1. The van der Waals surface area contributed by atoms with Crippen LogP contribution in [0.2, 0.25) is 0 Å². The van der Waals surface area contributed by atoms with Gasteiger partial charge in [-0.1, -0.05) is 0 Å². The number of fused-ring (bicyclic) bond motifs is 1. The van der Waals surface area contributed by atoms with Crippen LogP contribution in [0.3, 0.4) is 0 Å². The molecule has 1 aromatic carbocycles. The molecule has 140 valence electrons. The van der Waals surface area contributed by atoms with Gasteiger partial charge in [0.25, 0.3) is 5.91 Å². The lowest BCUT2D eigenvalue weighted by molar-refractivity contribution is 0.0761. The molecule has 0 fully saturated rings. The Morgan fingerprint density at radius 2 is 1.62 bits per heavy atom. The van der Waals surface area contributed by atoms with Crippen molar-refractivity contribution < 1.29 is 14.3 Å². The van der Waals surface area contributed by atoms with Crippen LogP contribution in [0.5, 0.6) is 11.5 Å². The van der Waals surface area contributed by atoms with Crippen molar-refractivity contribution in [2.75, 3.05) is 27.3 Å². The van der Waals surface area contributed by atoms with Crippen LogP contribution < -0.4 is 9.47 Å². The third-order valence-electron chi connectivity index (χ3n) is 5.19. The van der Waals surface area contributed by atoms with Crippen LogP contribution in [0, 0.1) is 13.8 Å². The molecule has 1 aliphatic heterocycles. The number of hydrogen-bond donors (Lipinski definition) is 0. The SMILES string of the molecule is CCn1nc(C)c(C(=O)N2CCc3cc(OC)c(OC)cc3CC2)c1C. The number of nitrogens with zero attached hydrogens (tertiary/aromatic N) is 3. The van der Waals surface area contributed by atoms with E-state index >= 15 is 0 Å². The summed E-state index contributed by atoms with van der Waals surface area (Å²) in [6.07, 6.45) is 1.61. The Morgan fingerprint density at radius 1 is 1.08 bits per heavy atom. The van der Waals surface area contributed by atoms with Gasteiger partial charge in [-0.25, -0.2) is 0 Å². The number of benzene rings is 1. The van der Waals surface area contributed by atoms with Gasteiger partial charge in [-0.3, -0.25) is 9.48 Å². The smallest absolute Gasteiger partial charge is 0.257 e. The van der Waals surface area contributed by atoms with Crippen molar-refractivity contribution in [3.05, 3.63) is 40.2 Å². The van der Waals surface area contributed by atoms with E-state index in [2.05, 4.69) is 5.10 Å². The van der Waals surface area contributed by atoms with Crippen molar-refractivity contribution in [2.45, 2.75) is 40.2 Å². The highest BCUT2D eigenvalue weighted by molar-refractivity contribution is 5.96. The second-order valence-corrected chi connectivity index (χ2v) is 6.63. The summed E-state index contributed by atoms with van der Waals surface area (Å²) in [4.78, 5) is 15.1. The first kappa shape index (κ1) is 18.3. The molecule has 0 radical (unpaired) electrons. The summed E-state index contributed by atoms with van der Waals surface area (Å²) in [5.41, 5.74) is 4.93. The minimum atomic E-state index is 0.0754. The van der Waals surface area contributed by atoms with Gasteiger partial charge in [-0.2, -0.15) is 5.10 Å². The average molecular weight is 357 g/mol. The molecule has 1 aliphatic rings. The van der Waals surface area contributed by atoms with Crippen molar-refractivity contribution >= 4 is 5.91 Å². The largest absolute Gasteiger partial charge is 0.493 e. The van der Waals surface area contributed by atoms with Gasteiger partial charge >= 0.3 is 0 Å². The van der Waals surface area contributed by atoms with Gasteiger partial charge < -0.3 is 14.4 Å². The van der Waals surface area contributed by atoms with Crippen molar-refractivity contribution in [3.8, 4) is 11.5 Å². The molecule has 0 bridgehead atoms. The number of amides is 1. The van der Waals surface area contributed by atoms with E-state index in [1.807, 2.05) is 42.5 Å². The first-order valence-electron chi connectivity index (χ1n) is 9.07. The molecule has 0 atom stereocenters. The van der Waals surface area contributed by atoms with E-state index in [1.165, 1.54) is 11.1 Å². The molecule has 0 saturated carbocycles. The van der Waals surface area contributed by atoms with Gasteiger partial charge in [0.1, 0.15) is 0 Å². The fourth-order valence-electron chi connectivity index (χ4n) is 3.73. The van der Waals surface area contributed by atoms with Crippen LogP contribution in [0.4, 0.5) is 0 Å². The molecule has 1 aromatic heterocycles. The van der Waals surface area contributed by atoms with Gasteiger partial charge in [0.15, 0.2) is 11.5 Å². The molecule has 0 unspecified atom stereocenters. The number of hydrogen-bond acceptors (Lipinski definition) is 4. The fourth-order valence-corrected chi connectivity index (χ4v) is 3.73. The van der Waals surface area contributed by atoms with Crippen molar-refractivity contribution in [1.82, 2.24) is 14.7 Å². The standard InChI is InChI=1S/C20H27N3O3/c1-6-23-14(3)19(13(2)21-23)20(24)22-9-7-15-11-17(25-4)18(26-5)12-16(15)8-10-22/h11-12H,6-10H2,1-5H3. The molecule has 0 spiro atoms. The Kier molecular flexibility index (Phi) is 5.20. The Bertz CT molecular complexity index is 791. The molecule has 6 nitrogen and oxygen atoms in total. The minimum Gasteiger partial charge on any atom is -0.493 e. The number of aryl methyl sites for hydroxylation is 2. The maximum Gasteiger partial charge on any atom is 0.257 e. The summed E-state index contributed by atoms with van der Waals surface area (Å²) < 4.78 is 12.7. The number of rotatable bonds is 4. The Morgan fingerprint density at radius 3 is 2.04 bits per heavy atom. The average Bonchev–Trinajstić information content (AvgIpc) is 2.81. The van der Waals surface area contributed by atoms with Gasteiger partial charge in [0, 0.05) is 25.3 Å². The first-order valence-corrected chi connectivity index (χ1v) is 9.07. The summed E-state index contributed by atoms with van der Waals surface area (Å²) in [7, 11) is 3.29. The fraction of sp³-hybridized carbons (Fsp3) is 0.500. The maximum absolute atomic E-state index is 13.1. The summed E-state index contributed by atoms with van der Waals surface area (Å²) in [6.45, 7) is 8.07. The van der Waals surface area contributed by atoms with Crippen LogP contribution in [0.1, 0.15) is 39.8 Å². The number of carbonyl (C=O) groups is 1. The molecular formula is C20H27N3O3. The van der Waals surface area contributed by atoms with Crippen LogP contribution in [0.25, 0.3) is 0 Å². The Hall–Kier alpha value is -2.50. The van der Waals surface area contributed by atoms with Gasteiger partial charge in [0.05, 0.1) is 25.5 Å². The first-order chi connectivity index (χ1) is 12.5. The van der Waals surface area contributed by atoms with Gasteiger partial charge in [-0.15, -0.1) is 0 Å². The second kappa shape index (κ2) is 7.40. The van der Waals surface area contributed by atoms with E-state index in [1.54, 1.807) is 14.2 Å². The zero-order chi connectivity index (χ0) is 18.8. The lowest BCUT2D eigenvalue weighted by Gasteiger charge is -2.20. The molecule has 0 N–H and O–H groups in total. The lowest BCUT2D eigenvalue weighted by atomic mass is 10.0. The van der Waals surface area contributed by atoms with Gasteiger partial charge in [-0.05, 0) is 56.9 Å². The van der Waals surface area contributed by atoms with Crippen molar-refractivity contribution in [2.24, 2.45) is 0 Å². The van der Waals surface area contributed by atoms with E-state index in [9.17, 15) is 4.79 Å². The third kappa shape index (κ3) is 3.16. The number of aromatic nitrogens is 2. The summed E-state index contributed by atoms with van der Waals surface area (Å²) >= 11 is 0. The number of methoxy groups -OCH3 is 2. The van der Waals surface area contributed by atoms with Crippen LogP contribution >= 0.6 is 0 Å². The number of carbonyl (C=O) groups excluding carboxylic acids is 1. The predicted molar refractivity (Wildman–Crippen MR) is 100 cm³/mol. The van der Waals surface area contributed by atoms with Crippen molar-refractivity contribution in [3.63, 3.8) is 0 Å². The second-order valence-electron chi connectivity index (χ2n) is 6.63. The number of ether oxygens (including phenoxy) is 2. The monoisotopic (exact) mass is 357 g/mol. The van der Waals surface area contributed by atoms with Crippen LogP contribution in [-0.2, 0) is 19.4 Å². The van der Waals surface area contributed by atoms with E-state index < -0.39 is 0 Å². The highest BCUT2D eigenvalue weighted by Crippen LogP contribution is 2.32. The van der Waals surface area contributed by atoms with Gasteiger partial charge in [0.2, 0.25) is 0 Å². The molecule has 1 amide bonds. The zero-order valence-corrected chi connectivity index (χ0v) is 16.3. The van der Waals surface area contributed by atoms with Crippen LogP contribution in [-0.4, -0.2) is 47.9 Å². The van der Waals surface area contributed by atoms with Crippen LogP contribution in [0.15, 0.2) is 12.1 Å². The molecule has 2 heterocycles. The van der Waals surface area contributed by atoms with E-state index in [0.29, 0.717) is 13.1 Å². The quantitative estimate of drug-likeness (QED) is 0.844. The molecule has 6 heteroatoms. The zero-order valence-electron chi connectivity index (χ0n) is 16.3. The summed E-state index contributed by atoms with van der Waals surface area (Å²) in [5, 5.41) is 4.49. The molecule has 3 rings (SSSR count). The highest BCUT2D eigenvalue weighted by atomic mass is 16.5. The minimum absolute atomic E-state index is 0.0754. The molecule has 0 aliphatic carbocycles. The predicted octanol–water partition coefficient (Wildman–Crippen LogP) is 2.78. The normalized spacial score (nSPS) is 14.0. The molecule has 2 aromatic rings.